The highest BCUT2D eigenvalue weighted by molar-refractivity contribution is 5.87. The van der Waals surface area contributed by atoms with E-state index in [1.165, 1.54) is 18.9 Å². The number of nitrogens with one attached hydrogen (secondary N) is 1. The number of nitrogens with zero attached hydrogens (tertiary/aromatic N) is 1. The molecule has 0 aromatic carbocycles. The van der Waals surface area contributed by atoms with Gasteiger partial charge in [-0.2, -0.15) is 0 Å². The van der Waals surface area contributed by atoms with Crippen LogP contribution in [0.3, 0.4) is 0 Å². The predicted octanol–water partition coefficient (Wildman–Crippen LogP) is 0.774. The monoisotopic (exact) mass is 194 g/mol. The summed E-state index contributed by atoms with van der Waals surface area (Å²) >= 11 is 0. The molecule has 0 radical (unpaired) electrons. The normalized spacial score (nSPS) is 32.1. The number of hydrogen-bond acceptors (Lipinski definition) is 2. The molecule has 3 nitrogen and oxygen atoms in total. The topological polar surface area (TPSA) is 32.3 Å². The van der Waals surface area contributed by atoms with Crippen LogP contribution in [0, 0.1) is 5.41 Å². The van der Waals surface area contributed by atoms with E-state index in [9.17, 15) is 4.79 Å². The number of amides is 1. The van der Waals surface area contributed by atoms with Crippen molar-refractivity contribution in [2.24, 2.45) is 5.41 Å². The van der Waals surface area contributed by atoms with Crippen LogP contribution in [0.1, 0.15) is 19.3 Å². The molecule has 1 N–H and O–H groups in total. The molecular weight excluding hydrogens is 176 g/mol. The molecule has 1 amide bonds. The van der Waals surface area contributed by atoms with Gasteiger partial charge in [0, 0.05) is 25.0 Å². The molecule has 0 aromatic rings. The van der Waals surface area contributed by atoms with E-state index < -0.39 is 0 Å². The number of hydrogen-bond donors (Lipinski definition) is 1. The van der Waals surface area contributed by atoms with Crippen LogP contribution < -0.4 is 5.32 Å². The Morgan fingerprint density at radius 3 is 3.00 bits per heavy atom. The predicted molar refractivity (Wildman–Crippen MR) is 55.9 cm³/mol. The summed E-state index contributed by atoms with van der Waals surface area (Å²) in [5.74, 6) is 0.0935. The number of rotatable bonds is 1. The highest BCUT2D eigenvalue weighted by atomic mass is 16.2. The Balaban J connectivity index is 2.03. The van der Waals surface area contributed by atoms with Crippen LogP contribution in [0.25, 0.3) is 0 Å². The van der Waals surface area contributed by atoms with Gasteiger partial charge in [-0.05, 0) is 31.9 Å². The van der Waals surface area contributed by atoms with Crippen molar-refractivity contribution in [2.45, 2.75) is 19.3 Å². The second-order valence-corrected chi connectivity index (χ2v) is 4.49. The highest BCUT2D eigenvalue weighted by Crippen LogP contribution is 2.35. The minimum atomic E-state index is 0.0935. The largest absolute Gasteiger partial charge is 0.339 e. The Hall–Kier alpha value is -0.830. The number of carbonyl (C=O) groups excluding carboxylic acids is 1. The first-order valence-corrected chi connectivity index (χ1v) is 5.38. The Morgan fingerprint density at radius 2 is 2.36 bits per heavy atom. The molecule has 3 heteroatoms. The maximum absolute atomic E-state index is 11.5. The number of likely N-dealkylation sites (tertiary alicyclic amines) is 1. The summed E-state index contributed by atoms with van der Waals surface area (Å²) in [5, 5.41) is 3.40. The van der Waals surface area contributed by atoms with Crippen molar-refractivity contribution in [3.63, 3.8) is 0 Å². The Kier molecular flexibility index (Phi) is 2.59. The third-order valence-electron chi connectivity index (χ3n) is 3.48. The van der Waals surface area contributed by atoms with Gasteiger partial charge in [0.2, 0.25) is 5.91 Å². The van der Waals surface area contributed by atoms with E-state index in [0.29, 0.717) is 5.41 Å². The lowest BCUT2D eigenvalue weighted by Crippen LogP contribution is -2.46. The van der Waals surface area contributed by atoms with Crippen LogP contribution >= 0.6 is 0 Å². The quantitative estimate of drug-likeness (QED) is 0.625. The van der Waals surface area contributed by atoms with E-state index in [0.717, 1.165) is 32.6 Å². The summed E-state index contributed by atoms with van der Waals surface area (Å²) < 4.78 is 0. The Labute approximate surface area is 85.2 Å². The van der Waals surface area contributed by atoms with Crippen molar-refractivity contribution < 1.29 is 4.79 Å². The van der Waals surface area contributed by atoms with Gasteiger partial charge in [0.15, 0.2) is 0 Å². The lowest BCUT2D eigenvalue weighted by atomic mass is 9.79. The second-order valence-electron chi connectivity index (χ2n) is 4.49. The first-order chi connectivity index (χ1) is 6.76. The van der Waals surface area contributed by atoms with Crippen molar-refractivity contribution in [1.82, 2.24) is 10.2 Å². The van der Waals surface area contributed by atoms with E-state index in [2.05, 4.69) is 11.9 Å². The summed E-state index contributed by atoms with van der Waals surface area (Å²) in [4.78, 5) is 13.4. The van der Waals surface area contributed by atoms with Gasteiger partial charge in [-0.1, -0.05) is 6.58 Å². The molecule has 2 rings (SSSR count). The van der Waals surface area contributed by atoms with E-state index in [-0.39, 0.29) is 5.91 Å². The average molecular weight is 194 g/mol. The van der Waals surface area contributed by atoms with E-state index >= 15 is 0 Å². The zero-order valence-corrected chi connectivity index (χ0v) is 8.59. The van der Waals surface area contributed by atoms with Crippen molar-refractivity contribution in [1.29, 1.82) is 0 Å². The molecule has 0 aliphatic carbocycles. The molecule has 1 spiro atoms. The van der Waals surface area contributed by atoms with Gasteiger partial charge in [0.05, 0.1) is 0 Å². The summed E-state index contributed by atoms with van der Waals surface area (Å²) in [6.45, 7) is 7.56. The summed E-state index contributed by atoms with van der Waals surface area (Å²) in [5.41, 5.74) is 0.372. The highest BCUT2D eigenvalue weighted by Gasteiger charge is 2.38. The van der Waals surface area contributed by atoms with Gasteiger partial charge in [-0.15, -0.1) is 0 Å². The molecule has 2 heterocycles. The lowest BCUT2D eigenvalue weighted by Gasteiger charge is -2.39. The van der Waals surface area contributed by atoms with Crippen molar-refractivity contribution in [3.8, 4) is 0 Å². The minimum absolute atomic E-state index is 0.0935. The third kappa shape index (κ3) is 1.69. The maximum atomic E-state index is 11.5. The summed E-state index contributed by atoms with van der Waals surface area (Å²) in [7, 11) is 0. The van der Waals surface area contributed by atoms with Crippen LogP contribution in [-0.4, -0.2) is 37.0 Å². The van der Waals surface area contributed by atoms with Gasteiger partial charge in [-0.3, -0.25) is 4.79 Å². The van der Waals surface area contributed by atoms with E-state index in [4.69, 9.17) is 0 Å². The zero-order chi connectivity index (χ0) is 10.0. The molecule has 0 bridgehead atoms. The average Bonchev–Trinajstić information content (AvgIpc) is 2.65. The molecule has 2 aliphatic heterocycles. The standard InChI is InChI=1S/C11H18N2O/c1-2-10(14)13-7-3-4-11(9-13)5-6-12-8-11/h2,12H,1,3-9H2. The van der Waals surface area contributed by atoms with E-state index in [1.807, 2.05) is 4.90 Å². The minimum Gasteiger partial charge on any atom is -0.339 e. The maximum Gasteiger partial charge on any atom is 0.245 e. The lowest BCUT2D eigenvalue weighted by molar-refractivity contribution is -0.129. The summed E-state index contributed by atoms with van der Waals surface area (Å²) in [6, 6.07) is 0. The van der Waals surface area contributed by atoms with Gasteiger partial charge in [0.1, 0.15) is 0 Å². The van der Waals surface area contributed by atoms with Gasteiger partial charge >= 0.3 is 0 Å². The first-order valence-electron chi connectivity index (χ1n) is 5.38. The molecule has 78 valence electrons. The van der Waals surface area contributed by atoms with Crippen LogP contribution in [0.2, 0.25) is 0 Å². The van der Waals surface area contributed by atoms with Gasteiger partial charge in [0.25, 0.3) is 0 Å². The molecule has 1 unspecified atom stereocenters. The van der Waals surface area contributed by atoms with Crippen LogP contribution in [-0.2, 0) is 4.79 Å². The smallest absolute Gasteiger partial charge is 0.245 e. The summed E-state index contributed by atoms with van der Waals surface area (Å²) in [6.07, 6.45) is 5.05. The first kappa shape index (κ1) is 9.71. The fraction of sp³-hybridized carbons (Fsp3) is 0.727. The third-order valence-corrected chi connectivity index (χ3v) is 3.48. The Morgan fingerprint density at radius 1 is 1.50 bits per heavy atom. The SMILES string of the molecule is C=CC(=O)N1CCCC2(CCNC2)C1. The fourth-order valence-corrected chi connectivity index (χ4v) is 2.67. The molecule has 14 heavy (non-hydrogen) atoms. The zero-order valence-electron chi connectivity index (χ0n) is 8.59. The molecule has 2 aliphatic rings. The molecular formula is C11H18N2O. The number of piperidine rings is 1. The molecule has 0 saturated carbocycles. The van der Waals surface area contributed by atoms with Crippen LogP contribution in [0.5, 0.6) is 0 Å². The second kappa shape index (κ2) is 3.73. The molecule has 2 fully saturated rings. The molecule has 0 aromatic heterocycles. The molecule has 2 saturated heterocycles. The fourth-order valence-electron chi connectivity index (χ4n) is 2.67. The number of carbonyl (C=O) groups is 1. The van der Waals surface area contributed by atoms with Gasteiger partial charge < -0.3 is 10.2 Å². The van der Waals surface area contributed by atoms with Crippen molar-refractivity contribution in [3.05, 3.63) is 12.7 Å². The Bertz CT molecular complexity index is 244. The van der Waals surface area contributed by atoms with Gasteiger partial charge in [-0.25, -0.2) is 0 Å². The van der Waals surface area contributed by atoms with Crippen LogP contribution in [0.4, 0.5) is 0 Å². The van der Waals surface area contributed by atoms with Crippen LogP contribution in [0.15, 0.2) is 12.7 Å². The van der Waals surface area contributed by atoms with E-state index in [1.54, 1.807) is 0 Å². The molecule has 1 atom stereocenters. The van der Waals surface area contributed by atoms with Crippen molar-refractivity contribution in [2.75, 3.05) is 26.2 Å². The van der Waals surface area contributed by atoms with Crippen molar-refractivity contribution >= 4 is 5.91 Å².